The monoisotopic (exact) mass is 296 g/mol. The van der Waals surface area contributed by atoms with Crippen molar-refractivity contribution in [2.75, 3.05) is 13.1 Å². The molecule has 1 aliphatic heterocycles. The molecular weight excluding hydrogens is 287 g/mol. The second kappa shape index (κ2) is 6.60. The number of benzene rings is 1. The standard InChI is InChI=1S/C10H10Cl2N2S.ClH/c11-8-2-1-7(5-9(8)12)6-15-10-13-3-4-14-10;/h1-2,5H,3-4,6H2,(H,13,14);1H. The Labute approximate surface area is 115 Å². The smallest absolute Gasteiger partial charge is 0.157 e. The summed E-state index contributed by atoms with van der Waals surface area (Å²) in [5.41, 5.74) is 1.16. The highest BCUT2D eigenvalue weighted by atomic mass is 35.5. The Morgan fingerprint density at radius 3 is 2.75 bits per heavy atom. The van der Waals surface area contributed by atoms with Crippen LogP contribution in [0.1, 0.15) is 5.56 Å². The van der Waals surface area contributed by atoms with Crippen molar-refractivity contribution in [2.45, 2.75) is 5.75 Å². The summed E-state index contributed by atoms with van der Waals surface area (Å²) < 4.78 is 0. The van der Waals surface area contributed by atoms with E-state index < -0.39 is 0 Å². The number of nitrogens with zero attached hydrogens (tertiary/aromatic N) is 1. The number of aliphatic imine (C=N–C) groups is 1. The molecule has 0 fully saturated rings. The van der Waals surface area contributed by atoms with E-state index in [4.69, 9.17) is 23.2 Å². The van der Waals surface area contributed by atoms with E-state index in [-0.39, 0.29) is 12.4 Å². The molecule has 6 heteroatoms. The van der Waals surface area contributed by atoms with Crippen molar-refractivity contribution in [1.29, 1.82) is 0 Å². The highest BCUT2D eigenvalue weighted by Gasteiger charge is 2.06. The van der Waals surface area contributed by atoms with E-state index in [0.717, 1.165) is 29.6 Å². The molecule has 0 aliphatic carbocycles. The zero-order chi connectivity index (χ0) is 10.7. The van der Waals surface area contributed by atoms with Crippen LogP contribution in [0.4, 0.5) is 0 Å². The fourth-order valence-electron chi connectivity index (χ4n) is 1.25. The van der Waals surface area contributed by atoms with Gasteiger partial charge in [-0.25, -0.2) is 0 Å². The van der Waals surface area contributed by atoms with Gasteiger partial charge in [0.1, 0.15) is 0 Å². The molecule has 0 radical (unpaired) electrons. The van der Waals surface area contributed by atoms with Gasteiger partial charge in [-0.1, -0.05) is 41.0 Å². The molecule has 1 aromatic carbocycles. The number of rotatable bonds is 2. The fourth-order valence-corrected chi connectivity index (χ4v) is 2.44. The van der Waals surface area contributed by atoms with Gasteiger partial charge < -0.3 is 5.32 Å². The van der Waals surface area contributed by atoms with E-state index in [1.807, 2.05) is 18.2 Å². The summed E-state index contributed by atoms with van der Waals surface area (Å²) in [4.78, 5) is 4.30. The first-order valence-corrected chi connectivity index (χ1v) is 6.35. The van der Waals surface area contributed by atoms with Crippen LogP contribution in [-0.4, -0.2) is 18.3 Å². The molecule has 0 saturated carbocycles. The number of nitrogens with one attached hydrogen (secondary N) is 1. The van der Waals surface area contributed by atoms with Crippen LogP contribution in [0.3, 0.4) is 0 Å². The summed E-state index contributed by atoms with van der Waals surface area (Å²) in [6.07, 6.45) is 0. The van der Waals surface area contributed by atoms with Gasteiger partial charge in [-0.15, -0.1) is 12.4 Å². The van der Waals surface area contributed by atoms with Crippen molar-refractivity contribution in [3.63, 3.8) is 0 Å². The lowest BCUT2D eigenvalue weighted by molar-refractivity contribution is 0.963. The van der Waals surface area contributed by atoms with Crippen molar-refractivity contribution in [1.82, 2.24) is 5.32 Å². The van der Waals surface area contributed by atoms with Crippen LogP contribution in [0.25, 0.3) is 0 Å². The summed E-state index contributed by atoms with van der Waals surface area (Å²) in [5, 5.41) is 5.43. The van der Waals surface area contributed by atoms with E-state index >= 15 is 0 Å². The summed E-state index contributed by atoms with van der Waals surface area (Å²) in [5.74, 6) is 0.864. The van der Waals surface area contributed by atoms with Crippen LogP contribution in [0, 0.1) is 0 Å². The number of halogens is 3. The highest BCUT2D eigenvalue weighted by Crippen LogP contribution is 2.24. The van der Waals surface area contributed by atoms with Gasteiger partial charge in [0.05, 0.1) is 16.6 Å². The van der Waals surface area contributed by atoms with E-state index in [0.29, 0.717) is 10.0 Å². The second-order valence-electron chi connectivity index (χ2n) is 3.15. The topological polar surface area (TPSA) is 24.4 Å². The molecule has 0 amide bonds. The van der Waals surface area contributed by atoms with Crippen LogP contribution in [0.15, 0.2) is 23.2 Å². The average molecular weight is 298 g/mol. The zero-order valence-electron chi connectivity index (χ0n) is 8.37. The Hall–Kier alpha value is -0.0900. The van der Waals surface area contributed by atoms with Crippen molar-refractivity contribution >= 4 is 52.5 Å². The molecule has 0 atom stereocenters. The molecule has 1 aromatic rings. The minimum Gasteiger partial charge on any atom is -0.363 e. The first kappa shape index (κ1) is 14.0. The molecule has 0 bridgehead atoms. The molecule has 2 nitrogen and oxygen atoms in total. The molecule has 0 spiro atoms. The van der Waals surface area contributed by atoms with Crippen molar-refractivity contribution in [3.05, 3.63) is 33.8 Å². The summed E-state index contributed by atoms with van der Waals surface area (Å²) in [6, 6.07) is 5.70. The second-order valence-corrected chi connectivity index (χ2v) is 4.93. The van der Waals surface area contributed by atoms with Gasteiger partial charge in [-0.05, 0) is 17.7 Å². The summed E-state index contributed by atoms with van der Waals surface area (Å²) in [7, 11) is 0. The lowest BCUT2D eigenvalue weighted by atomic mass is 10.2. The molecule has 88 valence electrons. The molecular formula is C10H11Cl3N2S. The number of thioether (sulfide) groups is 1. The Bertz CT molecular complexity index is 396. The maximum Gasteiger partial charge on any atom is 0.157 e. The third-order valence-electron chi connectivity index (χ3n) is 2.00. The van der Waals surface area contributed by atoms with Crippen LogP contribution in [-0.2, 0) is 5.75 Å². The minimum absolute atomic E-state index is 0. The average Bonchev–Trinajstić information content (AvgIpc) is 2.73. The highest BCUT2D eigenvalue weighted by molar-refractivity contribution is 8.13. The van der Waals surface area contributed by atoms with E-state index in [9.17, 15) is 0 Å². The first-order chi connectivity index (χ1) is 7.25. The SMILES string of the molecule is Cl.Clc1ccc(CSC2=NCCN2)cc1Cl. The fraction of sp³-hybridized carbons (Fsp3) is 0.300. The molecule has 2 rings (SSSR count). The molecule has 16 heavy (non-hydrogen) atoms. The van der Waals surface area contributed by atoms with Crippen LogP contribution in [0.2, 0.25) is 10.0 Å². The molecule has 0 aromatic heterocycles. The first-order valence-electron chi connectivity index (χ1n) is 4.61. The lowest BCUT2D eigenvalue weighted by Crippen LogP contribution is -2.14. The van der Waals surface area contributed by atoms with E-state index in [1.54, 1.807) is 11.8 Å². The third kappa shape index (κ3) is 3.74. The largest absolute Gasteiger partial charge is 0.363 e. The zero-order valence-corrected chi connectivity index (χ0v) is 11.5. The predicted octanol–water partition coefficient (Wildman–Crippen LogP) is 3.61. The Morgan fingerprint density at radius 1 is 1.31 bits per heavy atom. The number of hydrogen-bond donors (Lipinski definition) is 1. The molecule has 1 N–H and O–H groups in total. The van der Waals surface area contributed by atoms with Gasteiger partial charge in [-0.3, -0.25) is 4.99 Å². The lowest BCUT2D eigenvalue weighted by Gasteiger charge is -2.03. The molecule has 0 saturated heterocycles. The maximum absolute atomic E-state index is 5.92. The van der Waals surface area contributed by atoms with Gasteiger partial charge >= 0.3 is 0 Å². The Kier molecular flexibility index (Phi) is 5.76. The maximum atomic E-state index is 5.92. The number of hydrogen-bond acceptors (Lipinski definition) is 3. The predicted molar refractivity (Wildman–Crippen MR) is 75.3 cm³/mol. The van der Waals surface area contributed by atoms with Gasteiger partial charge in [0.2, 0.25) is 0 Å². The van der Waals surface area contributed by atoms with Crippen LogP contribution in [0.5, 0.6) is 0 Å². The Balaban J connectivity index is 0.00000128. The van der Waals surface area contributed by atoms with Gasteiger partial charge in [-0.2, -0.15) is 0 Å². The van der Waals surface area contributed by atoms with E-state index in [1.165, 1.54) is 0 Å². The van der Waals surface area contributed by atoms with Crippen LogP contribution < -0.4 is 5.32 Å². The number of amidine groups is 1. The van der Waals surface area contributed by atoms with Crippen molar-refractivity contribution < 1.29 is 0 Å². The van der Waals surface area contributed by atoms with Gasteiger partial charge in [0.25, 0.3) is 0 Å². The Morgan fingerprint density at radius 2 is 2.12 bits per heavy atom. The van der Waals surface area contributed by atoms with E-state index in [2.05, 4.69) is 10.3 Å². The van der Waals surface area contributed by atoms with Gasteiger partial charge in [0.15, 0.2) is 5.17 Å². The summed E-state index contributed by atoms with van der Waals surface area (Å²) in [6.45, 7) is 1.83. The molecule has 1 heterocycles. The quantitative estimate of drug-likeness (QED) is 0.902. The van der Waals surface area contributed by atoms with Gasteiger partial charge in [0, 0.05) is 12.3 Å². The third-order valence-corrected chi connectivity index (χ3v) is 3.77. The normalized spacial score (nSPS) is 14.0. The minimum atomic E-state index is 0. The van der Waals surface area contributed by atoms with Crippen LogP contribution >= 0.6 is 47.4 Å². The van der Waals surface area contributed by atoms with Crippen molar-refractivity contribution in [3.8, 4) is 0 Å². The summed E-state index contributed by atoms with van der Waals surface area (Å²) >= 11 is 13.4. The molecule has 0 unspecified atom stereocenters. The molecule has 1 aliphatic rings. The van der Waals surface area contributed by atoms with Crippen molar-refractivity contribution in [2.24, 2.45) is 4.99 Å².